The van der Waals surface area contributed by atoms with E-state index >= 15 is 0 Å². The average Bonchev–Trinajstić information content (AvgIpc) is 2.76. The van der Waals surface area contributed by atoms with Crippen molar-refractivity contribution in [2.45, 2.75) is 77.6 Å². The molecule has 0 aromatic heterocycles. The average molecular weight is 520 g/mol. The molecule has 0 saturated heterocycles. The van der Waals surface area contributed by atoms with Crippen LogP contribution in [0.25, 0.3) is 0 Å². The molecule has 2 N–H and O–H groups in total. The molecule has 0 atom stereocenters. The van der Waals surface area contributed by atoms with Crippen LogP contribution in [0.4, 0.5) is 0 Å². The van der Waals surface area contributed by atoms with Crippen LogP contribution in [0, 0.1) is 0 Å². The van der Waals surface area contributed by atoms with Gasteiger partial charge in [0.15, 0.2) is 16.6 Å². The zero-order valence-corrected chi connectivity index (χ0v) is 25.8. The lowest BCUT2D eigenvalue weighted by Gasteiger charge is -2.44. The van der Waals surface area contributed by atoms with Gasteiger partial charge in [-0.2, -0.15) is 0 Å². The van der Waals surface area contributed by atoms with E-state index in [2.05, 4.69) is 107 Å². The Balaban J connectivity index is 2.57. The topological polar surface area (TPSA) is 53.7 Å². The van der Waals surface area contributed by atoms with E-state index in [1.807, 2.05) is 0 Å². The molecule has 184 valence electrons. The van der Waals surface area contributed by atoms with E-state index in [1.54, 1.807) is 0 Å². The van der Waals surface area contributed by atoms with E-state index in [1.165, 1.54) is 23.2 Å². The Morgan fingerprint density at radius 2 is 1.09 bits per heavy atom. The Hall–Kier alpha value is -0.852. The maximum Gasteiger partial charge on any atom is 0.388 e. The summed E-state index contributed by atoms with van der Waals surface area (Å²) in [6.45, 7) is 16.6. The van der Waals surface area contributed by atoms with Crippen LogP contribution in [-0.4, -0.2) is 40.3 Å². The molecule has 0 spiro atoms. The second kappa shape index (κ2) is 12.2. The Kier molecular flexibility index (Phi) is 10.5. The largest absolute Gasteiger partial charge is 0.436 e. The smallest absolute Gasteiger partial charge is 0.388 e. The van der Waals surface area contributed by atoms with Crippen molar-refractivity contribution in [3.8, 4) is 0 Å². The predicted molar refractivity (Wildman–Crippen MR) is 152 cm³/mol. The fourth-order valence-corrected chi connectivity index (χ4v) is 23.2. The summed E-state index contributed by atoms with van der Waals surface area (Å²) in [6, 6.07) is 23.4. The van der Waals surface area contributed by atoms with Crippen LogP contribution >= 0.6 is 0 Å². The van der Waals surface area contributed by atoms with E-state index in [0.717, 1.165) is 18.5 Å². The monoisotopic (exact) mass is 519 g/mol. The Morgan fingerprint density at radius 1 is 0.636 bits per heavy atom. The summed E-state index contributed by atoms with van der Waals surface area (Å²) in [5.74, 6) is 0. The third-order valence-corrected chi connectivity index (χ3v) is 21.7. The number of benzene rings is 2. The van der Waals surface area contributed by atoms with E-state index < -0.39 is 33.8 Å². The molecule has 0 aliphatic carbocycles. The van der Waals surface area contributed by atoms with Gasteiger partial charge in [-0.15, -0.1) is 0 Å². The zero-order chi connectivity index (χ0) is 24.6. The molecule has 2 rings (SSSR count). The molecule has 0 bridgehead atoms. The van der Waals surface area contributed by atoms with E-state index in [9.17, 15) is 0 Å². The fraction of sp³-hybridized carbons (Fsp3) is 0.520. The highest BCUT2D eigenvalue weighted by Crippen LogP contribution is 2.28. The molecule has 0 radical (unpaired) electrons. The van der Waals surface area contributed by atoms with Gasteiger partial charge in [-0.25, -0.2) is 0 Å². The molecular formula is C25H45NO3Si4. The number of hydrogen-bond donors (Lipinski definition) is 1. The standard InChI is InChI=1S/C25H45NO3Si4/c1-8-9-22-31(4,5)28-33(24-17-12-10-13-18-24,25-19-14-11-15-20-25)29-32(6,7)27-30(2,3)23-16-21-26/h10-15,17-20H,8-9,16,21-23,26H2,1-7H3. The molecule has 0 saturated carbocycles. The number of rotatable bonds is 14. The minimum atomic E-state index is -3.00. The van der Waals surface area contributed by atoms with Crippen LogP contribution in [0.1, 0.15) is 26.2 Å². The van der Waals surface area contributed by atoms with Crippen molar-refractivity contribution >= 4 is 44.1 Å². The van der Waals surface area contributed by atoms with Gasteiger partial charge in [-0.1, -0.05) is 80.4 Å². The maximum atomic E-state index is 7.34. The molecule has 0 aliphatic heterocycles. The highest BCUT2D eigenvalue weighted by molar-refractivity contribution is 7.02. The van der Waals surface area contributed by atoms with Gasteiger partial charge in [0, 0.05) is 0 Å². The summed E-state index contributed by atoms with van der Waals surface area (Å²) < 4.78 is 21.5. The molecule has 8 heteroatoms. The highest BCUT2D eigenvalue weighted by Gasteiger charge is 2.52. The Morgan fingerprint density at radius 3 is 1.55 bits per heavy atom. The van der Waals surface area contributed by atoms with Crippen molar-refractivity contribution in [1.29, 1.82) is 0 Å². The van der Waals surface area contributed by atoms with Crippen molar-refractivity contribution in [3.63, 3.8) is 0 Å². The summed E-state index contributed by atoms with van der Waals surface area (Å²) in [4.78, 5) is 0. The zero-order valence-electron chi connectivity index (χ0n) is 21.8. The van der Waals surface area contributed by atoms with Crippen LogP contribution in [0.5, 0.6) is 0 Å². The van der Waals surface area contributed by atoms with E-state index in [0.29, 0.717) is 6.54 Å². The summed E-state index contributed by atoms with van der Waals surface area (Å²) in [6.07, 6.45) is 3.36. The summed E-state index contributed by atoms with van der Waals surface area (Å²) >= 11 is 0. The molecule has 0 amide bonds. The van der Waals surface area contributed by atoms with Crippen LogP contribution in [-0.2, 0) is 12.3 Å². The molecule has 0 unspecified atom stereocenters. The van der Waals surface area contributed by atoms with Crippen LogP contribution in [0.15, 0.2) is 60.7 Å². The van der Waals surface area contributed by atoms with Crippen LogP contribution < -0.4 is 16.1 Å². The number of unbranched alkanes of at least 4 members (excludes halogenated alkanes) is 1. The van der Waals surface area contributed by atoms with E-state index in [-0.39, 0.29) is 0 Å². The quantitative estimate of drug-likeness (QED) is 0.332. The molecule has 4 nitrogen and oxygen atoms in total. The highest BCUT2D eigenvalue weighted by atomic mass is 28.5. The van der Waals surface area contributed by atoms with Gasteiger partial charge in [0.1, 0.15) is 0 Å². The maximum absolute atomic E-state index is 7.34. The minimum absolute atomic E-state index is 0.704. The van der Waals surface area contributed by atoms with Gasteiger partial charge in [-0.05, 0) is 74.7 Å². The normalized spacial score (nSPS) is 13.3. The molecule has 2 aromatic rings. The first-order valence-corrected chi connectivity index (χ1v) is 23.2. The van der Waals surface area contributed by atoms with Gasteiger partial charge < -0.3 is 18.1 Å². The molecule has 0 heterocycles. The van der Waals surface area contributed by atoms with Crippen LogP contribution in [0.2, 0.25) is 51.4 Å². The number of hydrogen-bond acceptors (Lipinski definition) is 4. The van der Waals surface area contributed by atoms with Gasteiger partial charge in [0.2, 0.25) is 0 Å². The lowest BCUT2D eigenvalue weighted by Crippen LogP contribution is -2.71. The first kappa shape index (κ1) is 28.4. The van der Waals surface area contributed by atoms with Gasteiger partial charge in [-0.3, -0.25) is 0 Å². The van der Waals surface area contributed by atoms with Gasteiger partial charge in [0.05, 0.1) is 0 Å². The van der Waals surface area contributed by atoms with Crippen molar-refractivity contribution in [3.05, 3.63) is 60.7 Å². The second-order valence-electron chi connectivity index (χ2n) is 10.6. The molecule has 2 aromatic carbocycles. The number of nitrogens with two attached hydrogens (primary N) is 1. The van der Waals surface area contributed by atoms with Gasteiger partial charge in [0.25, 0.3) is 0 Å². The molecule has 33 heavy (non-hydrogen) atoms. The molecule has 0 aliphatic rings. The summed E-state index contributed by atoms with van der Waals surface area (Å²) in [5.41, 5.74) is 5.80. The SMILES string of the molecule is CCCC[Si](C)(C)O[Si](O[Si](C)(C)O[Si](C)(C)CCCN)(c1ccccc1)c1ccccc1. The van der Waals surface area contributed by atoms with Crippen molar-refractivity contribution in [2.75, 3.05) is 6.54 Å². The predicted octanol–water partition coefficient (Wildman–Crippen LogP) is 5.55. The molecular weight excluding hydrogens is 475 g/mol. The van der Waals surface area contributed by atoms with Crippen LogP contribution in [0.3, 0.4) is 0 Å². The summed E-state index contributed by atoms with van der Waals surface area (Å²) in [7, 11) is -9.46. The Labute approximate surface area is 206 Å². The first-order chi connectivity index (χ1) is 15.5. The fourth-order valence-electron chi connectivity index (χ4n) is 4.39. The second-order valence-corrected chi connectivity index (χ2v) is 26.2. The third kappa shape index (κ3) is 8.70. The van der Waals surface area contributed by atoms with Crippen molar-refractivity contribution in [2.24, 2.45) is 5.73 Å². The van der Waals surface area contributed by atoms with Crippen molar-refractivity contribution < 1.29 is 12.3 Å². The lowest BCUT2D eigenvalue weighted by atomic mass is 10.4. The first-order valence-electron chi connectivity index (χ1n) is 12.4. The third-order valence-electron chi connectivity index (χ3n) is 5.75. The van der Waals surface area contributed by atoms with Crippen molar-refractivity contribution in [1.82, 2.24) is 0 Å². The van der Waals surface area contributed by atoms with E-state index in [4.69, 9.17) is 18.1 Å². The lowest BCUT2D eigenvalue weighted by molar-refractivity contribution is 0.339. The minimum Gasteiger partial charge on any atom is -0.436 e. The summed E-state index contributed by atoms with van der Waals surface area (Å²) in [5, 5.41) is 2.33. The Bertz CT molecular complexity index is 793. The van der Waals surface area contributed by atoms with Gasteiger partial charge >= 0.3 is 17.1 Å². The molecule has 0 fully saturated rings.